The number of hydrogen-bond acceptors (Lipinski definition) is 3. The van der Waals surface area contributed by atoms with Crippen molar-refractivity contribution in [1.29, 1.82) is 0 Å². The fourth-order valence-corrected chi connectivity index (χ4v) is 2.14. The molecule has 0 bridgehead atoms. The van der Waals surface area contributed by atoms with Gasteiger partial charge in [-0.15, -0.1) is 0 Å². The summed E-state index contributed by atoms with van der Waals surface area (Å²) >= 11 is 0. The van der Waals surface area contributed by atoms with Crippen molar-refractivity contribution in [2.24, 2.45) is 5.92 Å². The first-order valence-electron chi connectivity index (χ1n) is 5.80. The van der Waals surface area contributed by atoms with E-state index < -0.39 is 0 Å². The second kappa shape index (κ2) is 5.33. The molecule has 1 saturated heterocycles. The third-order valence-electron chi connectivity index (χ3n) is 2.85. The van der Waals surface area contributed by atoms with Crippen molar-refractivity contribution in [2.45, 2.75) is 19.9 Å². The van der Waals surface area contributed by atoms with Gasteiger partial charge < -0.3 is 9.73 Å². The lowest BCUT2D eigenvalue weighted by Gasteiger charge is -2.27. The molecule has 0 aromatic carbocycles. The number of furan rings is 1. The Kier molecular flexibility index (Phi) is 3.80. The smallest absolute Gasteiger partial charge is 0.117 e. The molecule has 1 unspecified atom stereocenters. The van der Waals surface area contributed by atoms with Gasteiger partial charge in [0.15, 0.2) is 0 Å². The maximum Gasteiger partial charge on any atom is 0.117 e. The van der Waals surface area contributed by atoms with Gasteiger partial charge in [-0.1, -0.05) is 6.92 Å². The van der Waals surface area contributed by atoms with Crippen LogP contribution in [-0.2, 0) is 6.54 Å². The molecule has 1 aliphatic rings. The topological polar surface area (TPSA) is 28.4 Å². The number of hydrogen-bond donors (Lipinski definition) is 1. The summed E-state index contributed by atoms with van der Waals surface area (Å²) in [6.07, 6.45) is 2.98. The molecule has 1 atom stereocenters. The molecule has 3 heteroatoms. The van der Waals surface area contributed by atoms with E-state index in [0.29, 0.717) is 0 Å². The van der Waals surface area contributed by atoms with Gasteiger partial charge in [-0.05, 0) is 44.1 Å². The first kappa shape index (κ1) is 10.7. The van der Waals surface area contributed by atoms with E-state index in [1.165, 1.54) is 6.42 Å². The molecule has 1 aromatic heterocycles. The average molecular weight is 208 g/mol. The maximum atomic E-state index is 5.39. The molecule has 0 saturated carbocycles. The van der Waals surface area contributed by atoms with Crippen LogP contribution in [0.4, 0.5) is 0 Å². The third-order valence-corrected chi connectivity index (χ3v) is 2.85. The predicted octanol–water partition coefficient (Wildman–Crippen LogP) is 1.71. The summed E-state index contributed by atoms with van der Waals surface area (Å²) in [4.78, 5) is 2.49. The van der Waals surface area contributed by atoms with Crippen LogP contribution < -0.4 is 5.32 Å². The molecular formula is C12H20N2O. The SMILES string of the molecule is CC1CNCCCN(Cc2ccco2)C1. The molecule has 84 valence electrons. The quantitative estimate of drug-likeness (QED) is 0.802. The van der Waals surface area contributed by atoms with Gasteiger partial charge in [0.05, 0.1) is 12.8 Å². The normalized spacial score (nSPS) is 24.7. The highest BCUT2D eigenvalue weighted by Gasteiger charge is 2.14. The van der Waals surface area contributed by atoms with E-state index in [0.717, 1.165) is 44.4 Å². The highest BCUT2D eigenvalue weighted by Crippen LogP contribution is 2.09. The van der Waals surface area contributed by atoms with E-state index >= 15 is 0 Å². The molecule has 2 heterocycles. The zero-order chi connectivity index (χ0) is 10.5. The Morgan fingerprint density at radius 1 is 1.60 bits per heavy atom. The molecular weight excluding hydrogens is 188 g/mol. The number of rotatable bonds is 2. The van der Waals surface area contributed by atoms with Gasteiger partial charge in [-0.25, -0.2) is 0 Å². The van der Waals surface area contributed by atoms with Crippen LogP contribution in [0.25, 0.3) is 0 Å². The van der Waals surface area contributed by atoms with E-state index in [2.05, 4.69) is 23.2 Å². The number of nitrogens with one attached hydrogen (secondary N) is 1. The van der Waals surface area contributed by atoms with E-state index in [1.807, 2.05) is 6.07 Å². The molecule has 1 aliphatic heterocycles. The Balaban J connectivity index is 1.88. The van der Waals surface area contributed by atoms with Gasteiger partial charge >= 0.3 is 0 Å². The number of nitrogens with zero attached hydrogens (tertiary/aromatic N) is 1. The summed E-state index contributed by atoms with van der Waals surface area (Å²) in [6.45, 7) is 7.85. The molecule has 3 nitrogen and oxygen atoms in total. The lowest BCUT2D eigenvalue weighted by molar-refractivity contribution is 0.195. The van der Waals surface area contributed by atoms with Crippen molar-refractivity contribution in [3.63, 3.8) is 0 Å². The van der Waals surface area contributed by atoms with Crippen LogP contribution in [0.15, 0.2) is 22.8 Å². The van der Waals surface area contributed by atoms with Crippen LogP contribution in [0.2, 0.25) is 0 Å². The van der Waals surface area contributed by atoms with E-state index in [1.54, 1.807) is 6.26 Å². The molecule has 2 rings (SSSR count). The largest absolute Gasteiger partial charge is 0.468 e. The van der Waals surface area contributed by atoms with Gasteiger partial charge in [0.1, 0.15) is 5.76 Å². The van der Waals surface area contributed by atoms with Crippen molar-refractivity contribution >= 4 is 0 Å². The first-order chi connectivity index (χ1) is 7.34. The van der Waals surface area contributed by atoms with Gasteiger partial charge in [-0.2, -0.15) is 0 Å². The van der Waals surface area contributed by atoms with E-state index in [4.69, 9.17) is 4.42 Å². The van der Waals surface area contributed by atoms with Crippen LogP contribution in [0, 0.1) is 5.92 Å². The summed E-state index contributed by atoms with van der Waals surface area (Å²) in [7, 11) is 0. The van der Waals surface area contributed by atoms with Crippen LogP contribution in [0.1, 0.15) is 19.1 Å². The zero-order valence-electron chi connectivity index (χ0n) is 9.41. The fourth-order valence-electron chi connectivity index (χ4n) is 2.14. The fraction of sp³-hybridized carbons (Fsp3) is 0.667. The van der Waals surface area contributed by atoms with Crippen LogP contribution in [0.3, 0.4) is 0 Å². The van der Waals surface area contributed by atoms with Gasteiger partial charge in [0, 0.05) is 6.54 Å². The predicted molar refractivity (Wildman–Crippen MR) is 60.6 cm³/mol. The zero-order valence-corrected chi connectivity index (χ0v) is 9.41. The molecule has 1 aromatic rings. The summed E-state index contributed by atoms with van der Waals surface area (Å²) in [6, 6.07) is 4.02. The maximum absolute atomic E-state index is 5.39. The lowest BCUT2D eigenvalue weighted by atomic mass is 10.1. The second-order valence-corrected chi connectivity index (χ2v) is 4.48. The summed E-state index contributed by atoms with van der Waals surface area (Å²) in [5, 5.41) is 3.47. The van der Waals surface area contributed by atoms with Crippen LogP contribution in [0.5, 0.6) is 0 Å². The first-order valence-corrected chi connectivity index (χ1v) is 5.80. The molecule has 0 amide bonds. The highest BCUT2D eigenvalue weighted by atomic mass is 16.3. The van der Waals surface area contributed by atoms with Crippen molar-refractivity contribution in [1.82, 2.24) is 10.2 Å². The van der Waals surface area contributed by atoms with Crippen molar-refractivity contribution < 1.29 is 4.42 Å². The molecule has 15 heavy (non-hydrogen) atoms. The summed E-state index contributed by atoms with van der Waals surface area (Å²) < 4.78 is 5.39. The minimum absolute atomic E-state index is 0.722. The Bertz CT molecular complexity index is 271. The van der Waals surface area contributed by atoms with Crippen LogP contribution >= 0.6 is 0 Å². The Morgan fingerprint density at radius 2 is 2.53 bits per heavy atom. The van der Waals surface area contributed by atoms with Gasteiger partial charge in [0.25, 0.3) is 0 Å². The molecule has 0 radical (unpaired) electrons. The highest BCUT2D eigenvalue weighted by molar-refractivity contribution is 4.98. The minimum atomic E-state index is 0.722. The van der Waals surface area contributed by atoms with E-state index in [9.17, 15) is 0 Å². The Hall–Kier alpha value is -0.800. The monoisotopic (exact) mass is 208 g/mol. The standard InChI is InChI=1S/C12H20N2O/c1-11-8-13-5-3-6-14(9-11)10-12-4-2-7-15-12/h2,4,7,11,13H,3,5-6,8-10H2,1H3. The molecule has 1 N–H and O–H groups in total. The molecule has 0 aliphatic carbocycles. The van der Waals surface area contributed by atoms with Gasteiger partial charge in [0.2, 0.25) is 0 Å². The average Bonchev–Trinajstić information content (AvgIpc) is 2.66. The Morgan fingerprint density at radius 3 is 3.33 bits per heavy atom. The summed E-state index contributed by atoms with van der Waals surface area (Å²) in [5.74, 6) is 1.80. The minimum Gasteiger partial charge on any atom is -0.468 e. The lowest BCUT2D eigenvalue weighted by Crippen LogP contribution is -2.38. The molecule has 0 spiro atoms. The second-order valence-electron chi connectivity index (χ2n) is 4.48. The Labute approximate surface area is 91.4 Å². The van der Waals surface area contributed by atoms with Gasteiger partial charge in [-0.3, -0.25) is 4.90 Å². The van der Waals surface area contributed by atoms with Crippen molar-refractivity contribution in [3.05, 3.63) is 24.2 Å². The third kappa shape index (κ3) is 3.36. The van der Waals surface area contributed by atoms with Crippen LogP contribution in [-0.4, -0.2) is 31.1 Å². The summed E-state index contributed by atoms with van der Waals surface area (Å²) in [5.41, 5.74) is 0. The van der Waals surface area contributed by atoms with Crippen molar-refractivity contribution in [3.8, 4) is 0 Å². The van der Waals surface area contributed by atoms with Crippen molar-refractivity contribution in [2.75, 3.05) is 26.2 Å². The molecule has 1 fully saturated rings. The van der Waals surface area contributed by atoms with E-state index in [-0.39, 0.29) is 0 Å².